The molecular formula is C20H20F3N5O4. The zero-order valence-corrected chi connectivity index (χ0v) is 17.3. The van der Waals surface area contributed by atoms with E-state index >= 15 is 0 Å². The van der Waals surface area contributed by atoms with Crippen LogP contribution in [0.3, 0.4) is 0 Å². The lowest BCUT2D eigenvalue weighted by Gasteiger charge is -2.11. The summed E-state index contributed by atoms with van der Waals surface area (Å²) in [7, 11) is 0. The number of aryl methyl sites for hydroxylation is 1. The van der Waals surface area contributed by atoms with E-state index < -0.39 is 29.7 Å². The average molecular weight is 451 g/mol. The molecule has 0 radical (unpaired) electrons. The van der Waals surface area contributed by atoms with Crippen LogP contribution in [-0.4, -0.2) is 36.5 Å². The monoisotopic (exact) mass is 451 g/mol. The highest BCUT2D eigenvalue weighted by molar-refractivity contribution is 6.04. The van der Waals surface area contributed by atoms with E-state index in [-0.39, 0.29) is 18.0 Å². The highest BCUT2D eigenvalue weighted by Gasteiger charge is 2.30. The molecule has 1 atom stereocenters. The standard InChI is InChI=1S/C20H20F3N5O4/c1-11-17(25-18(29)14-8-24-27(9-14)13(3)19(30)31)12(2)28(26-11)10-32-16-6-4-5-15(7-16)20(21,22)23/h4-9,13H,10H2,1-3H3,(H,25,29)(H,30,31). The third-order valence-electron chi connectivity index (χ3n) is 4.75. The highest BCUT2D eigenvalue weighted by atomic mass is 19.4. The van der Waals surface area contributed by atoms with Crippen LogP contribution in [0.1, 0.15) is 40.3 Å². The minimum absolute atomic E-state index is 0.0259. The van der Waals surface area contributed by atoms with Gasteiger partial charge in [0.05, 0.1) is 34.4 Å². The van der Waals surface area contributed by atoms with Gasteiger partial charge in [0.2, 0.25) is 0 Å². The van der Waals surface area contributed by atoms with E-state index in [9.17, 15) is 22.8 Å². The first kappa shape index (κ1) is 22.8. The summed E-state index contributed by atoms with van der Waals surface area (Å²) in [5.41, 5.74) is 0.726. The van der Waals surface area contributed by atoms with Crippen molar-refractivity contribution in [2.24, 2.45) is 0 Å². The summed E-state index contributed by atoms with van der Waals surface area (Å²) < 4.78 is 46.5. The second-order valence-electron chi connectivity index (χ2n) is 7.02. The maximum atomic E-state index is 12.8. The van der Waals surface area contributed by atoms with Crippen LogP contribution in [0, 0.1) is 13.8 Å². The van der Waals surface area contributed by atoms with E-state index in [2.05, 4.69) is 15.5 Å². The molecule has 1 aromatic carbocycles. The number of nitrogens with zero attached hydrogens (tertiary/aromatic N) is 4. The summed E-state index contributed by atoms with van der Waals surface area (Å²) in [4.78, 5) is 23.6. The number of amides is 1. The van der Waals surface area contributed by atoms with Crippen molar-refractivity contribution in [3.8, 4) is 5.75 Å². The number of benzene rings is 1. The number of hydrogen-bond donors (Lipinski definition) is 2. The van der Waals surface area contributed by atoms with Crippen LogP contribution >= 0.6 is 0 Å². The topological polar surface area (TPSA) is 111 Å². The molecule has 0 aliphatic rings. The van der Waals surface area contributed by atoms with Crippen LogP contribution < -0.4 is 10.1 Å². The third-order valence-corrected chi connectivity index (χ3v) is 4.75. The van der Waals surface area contributed by atoms with Crippen molar-refractivity contribution in [2.75, 3.05) is 5.32 Å². The summed E-state index contributed by atoms with van der Waals surface area (Å²) >= 11 is 0. The van der Waals surface area contributed by atoms with Crippen molar-refractivity contribution in [3.63, 3.8) is 0 Å². The molecule has 32 heavy (non-hydrogen) atoms. The number of carbonyl (C=O) groups excluding carboxylic acids is 1. The van der Waals surface area contributed by atoms with Crippen molar-refractivity contribution >= 4 is 17.6 Å². The lowest BCUT2D eigenvalue weighted by Crippen LogP contribution is -2.16. The molecule has 0 aliphatic carbocycles. The second-order valence-corrected chi connectivity index (χ2v) is 7.02. The quantitative estimate of drug-likeness (QED) is 0.567. The van der Waals surface area contributed by atoms with E-state index in [4.69, 9.17) is 9.84 Å². The number of rotatable bonds is 7. The Kier molecular flexibility index (Phi) is 6.23. The van der Waals surface area contributed by atoms with Gasteiger partial charge in [0.15, 0.2) is 6.73 Å². The SMILES string of the molecule is Cc1nn(COc2cccc(C(F)(F)F)c2)c(C)c1NC(=O)c1cnn(C(C)C(=O)O)c1. The Balaban J connectivity index is 1.71. The van der Waals surface area contributed by atoms with Gasteiger partial charge in [0.25, 0.3) is 5.91 Å². The number of aromatic nitrogens is 4. The van der Waals surface area contributed by atoms with Gasteiger partial charge in [-0.1, -0.05) is 6.07 Å². The van der Waals surface area contributed by atoms with E-state index in [0.717, 1.165) is 16.8 Å². The number of hydrogen-bond acceptors (Lipinski definition) is 5. The van der Waals surface area contributed by atoms with E-state index in [1.165, 1.54) is 36.1 Å². The Hall–Kier alpha value is -3.83. The van der Waals surface area contributed by atoms with Crippen molar-refractivity contribution in [1.82, 2.24) is 19.6 Å². The van der Waals surface area contributed by atoms with Crippen LogP contribution in [0.25, 0.3) is 0 Å². The van der Waals surface area contributed by atoms with Crippen molar-refractivity contribution in [3.05, 3.63) is 59.2 Å². The first-order valence-electron chi connectivity index (χ1n) is 9.39. The van der Waals surface area contributed by atoms with Crippen LogP contribution in [-0.2, 0) is 17.7 Å². The van der Waals surface area contributed by atoms with Gasteiger partial charge in [-0.25, -0.2) is 9.48 Å². The van der Waals surface area contributed by atoms with Crippen LogP contribution in [0.15, 0.2) is 36.7 Å². The van der Waals surface area contributed by atoms with Gasteiger partial charge in [-0.15, -0.1) is 0 Å². The van der Waals surface area contributed by atoms with Gasteiger partial charge in [0.1, 0.15) is 11.8 Å². The molecule has 12 heteroatoms. The molecule has 0 saturated carbocycles. The van der Waals surface area contributed by atoms with Gasteiger partial charge >= 0.3 is 12.1 Å². The number of nitrogens with one attached hydrogen (secondary N) is 1. The predicted molar refractivity (Wildman–Crippen MR) is 106 cm³/mol. The third kappa shape index (κ3) is 4.90. The van der Waals surface area contributed by atoms with Crippen LogP contribution in [0.5, 0.6) is 5.75 Å². The van der Waals surface area contributed by atoms with Gasteiger partial charge in [-0.3, -0.25) is 9.48 Å². The summed E-state index contributed by atoms with van der Waals surface area (Å²) in [5.74, 6) is -1.58. The second kappa shape index (κ2) is 8.73. The van der Waals surface area contributed by atoms with Crippen molar-refractivity contribution in [2.45, 2.75) is 39.7 Å². The summed E-state index contributed by atoms with van der Waals surface area (Å²) in [5, 5.41) is 19.9. The fourth-order valence-corrected chi connectivity index (χ4v) is 2.87. The molecule has 0 spiro atoms. The van der Waals surface area contributed by atoms with Gasteiger partial charge in [0, 0.05) is 6.20 Å². The zero-order chi connectivity index (χ0) is 23.6. The number of aliphatic carboxylic acids is 1. The Morgan fingerprint density at radius 1 is 1.28 bits per heavy atom. The molecule has 0 fully saturated rings. The van der Waals surface area contributed by atoms with Gasteiger partial charge in [-0.05, 0) is 39.0 Å². The zero-order valence-electron chi connectivity index (χ0n) is 17.3. The van der Waals surface area contributed by atoms with Crippen molar-refractivity contribution in [1.29, 1.82) is 0 Å². The number of carbonyl (C=O) groups is 2. The lowest BCUT2D eigenvalue weighted by molar-refractivity contribution is -0.140. The summed E-state index contributed by atoms with van der Waals surface area (Å²) in [6.07, 6.45) is -1.91. The lowest BCUT2D eigenvalue weighted by atomic mass is 10.2. The first-order chi connectivity index (χ1) is 15.0. The van der Waals surface area contributed by atoms with E-state index in [1.54, 1.807) is 13.8 Å². The molecule has 0 aliphatic heterocycles. The van der Waals surface area contributed by atoms with Crippen molar-refractivity contribution < 1.29 is 32.6 Å². The Morgan fingerprint density at radius 2 is 2.00 bits per heavy atom. The largest absolute Gasteiger partial charge is 0.480 e. The van der Waals surface area contributed by atoms with Gasteiger partial charge < -0.3 is 15.2 Å². The molecule has 1 unspecified atom stereocenters. The van der Waals surface area contributed by atoms with E-state index in [0.29, 0.717) is 17.1 Å². The minimum Gasteiger partial charge on any atom is -0.480 e. The number of alkyl halides is 3. The molecule has 3 aromatic rings. The molecule has 0 saturated heterocycles. The number of ether oxygens (including phenoxy) is 1. The predicted octanol–water partition coefficient (Wildman–Crippen LogP) is 3.65. The normalized spacial score (nSPS) is 12.4. The molecule has 1 amide bonds. The van der Waals surface area contributed by atoms with Crippen LogP contribution in [0.4, 0.5) is 18.9 Å². The Labute approximate surface area is 180 Å². The molecule has 3 rings (SSSR count). The van der Waals surface area contributed by atoms with Gasteiger partial charge in [-0.2, -0.15) is 23.4 Å². The maximum Gasteiger partial charge on any atom is 0.416 e. The molecule has 2 aromatic heterocycles. The Morgan fingerprint density at radius 3 is 2.66 bits per heavy atom. The average Bonchev–Trinajstić information content (AvgIpc) is 3.32. The molecule has 9 nitrogen and oxygen atoms in total. The summed E-state index contributed by atoms with van der Waals surface area (Å²) in [6, 6.07) is 3.55. The minimum atomic E-state index is -4.48. The number of carboxylic acid groups (broad SMARTS) is 1. The number of anilines is 1. The number of carboxylic acids is 1. The fraction of sp³-hybridized carbons (Fsp3) is 0.300. The maximum absolute atomic E-state index is 12.8. The molecule has 2 N–H and O–H groups in total. The number of halogens is 3. The first-order valence-corrected chi connectivity index (χ1v) is 9.39. The Bertz CT molecular complexity index is 1150. The highest BCUT2D eigenvalue weighted by Crippen LogP contribution is 2.31. The fourth-order valence-electron chi connectivity index (χ4n) is 2.87. The molecular weight excluding hydrogens is 431 g/mol. The molecule has 2 heterocycles. The summed E-state index contributed by atoms with van der Waals surface area (Å²) in [6.45, 7) is 4.58. The smallest absolute Gasteiger partial charge is 0.416 e. The van der Waals surface area contributed by atoms with Crippen LogP contribution in [0.2, 0.25) is 0 Å². The van der Waals surface area contributed by atoms with E-state index in [1.807, 2.05) is 0 Å². The molecule has 0 bridgehead atoms. The molecule has 170 valence electrons.